The highest BCUT2D eigenvalue weighted by atomic mass is 33.1. The van der Waals surface area contributed by atoms with Crippen LogP contribution in [0, 0.1) is 11.8 Å². The second kappa shape index (κ2) is 31.0. The maximum Gasteiger partial charge on any atom is 0.490 e. The van der Waals surface area contributed by atoms with Crippen LogP contribution in [0.1, 0.15) is 144 Å². The Morgan fingerprint density at radius 2 is 1.56 bits per heavy atom. The molecule has 6 N–H and O–H groups in total. The van der Waals surface area contributed by atoms with E-state index in [1.54, 1.807) is 29.0 Å². The Bertz CT molecular complexity index is 3930. The number of ether oxygens (including phenoxy) is 5. The molecule has 0 spiro atoms. The standard InChI is InChI=1S/C64H79N4O19P3S4/c1-40(23-24-65-60(69)45-21-22-46(49(33-45)61(70)71)55-50-31-43-17-9-25-67-27-11-19-47(56(43)67)58(50)85-59-48-20-12-28-68-26-10-18-44(57(48)68)32-51(55)59)35-81-62(72)66-37-64(5,6)94-91-38-80-29-13-15-41-14-8-16-42(30-41)52-34-53(82-39-92-93-63(2,3)4)54(84-52)36-83-89(75,76)87-90(77,78)86-88(73,74)79-7/h8,14,16,21-22,30-33,52-54H,1,9-12,17-20,23-29,34-39H2,2-7H3,(H5-,65,66,69,70,71,72,73,74,75,76,77,78)/p+1/t52-,53?,54-/m1/s1. The van der Waals surface area contributed by atoms with Crippen molar-refractivity contribution in [3.05, 3.63) is 133 Å². The fourth-order valence-corrected chi connectivity index (χ4v) is 19.7. The van der Waals surface area contributed by atoms with Crippen LogP contribution >= 0.6 is 66.6 Å². The summed E-state index contributed by atoms with van der Waals surface area (Å²) >= 11 is 0. The fraction of sp³-hybridized carbons (Fsp3) is 0.500. The molecule has 94 heavy (non-hydrogen) atoms. The van der Waals surface area contributed by atoms with Crippen LogP contribution in [0.3, 0.4) is 0 Å². The van der Waals surface area contributed by atoms with Crippen molar-refractivity contribution in [2.75, 3.05) is 83.0 Å². The van der Waals surface area contributed by atoms with Crippen LogP contribution in [0.2, 0.25) is 0 Å². The molecule has 4 unspecified atom stereocenters. The molecule has 0 aromatic heterocycles. The van der Waals surface area contributed by atoms with Crippen LogP contribution in [0.5, 0.6) is 11.5 Å². The lowest BCUT2D eigenvalue weighted by Crippen LogP contribution is -2.45. The second-order valence-electron chi connectivity index (χ2n) is 25.0. The minimum atomic E-state index is -5.61. The molecule has 30 heteroatoms. The van der Waals surface area contributed by atoms with Gasteiger partial charge in [-0.25, -0.2) is 27.9 Å². The SMILES string of the molecule is C=C(CCNC(=O)c1ccc(C2=c3cc4c5c(c3Oc3c2cc2c6c3CCCN6CCC2)CCC[N+]=5CCC4)c(C(=O)O)c1)COC(=O)NCC(C)(C)SSCOCC#Cc1cccc([C@H]2CC(OCSSC(C)(C)C)[C@@H](COP(=O)(O)OP(=O)(O)OP(=O)(O)OC)O2)c1. The van der Waals surface area contributed by atoms with E-state index in [0.29, 0.717) is 35.5 Å². The number of aryl methyl sites for hydroxylation is 2. The third kappa shape index (κ3) is 18.6. The summed E-state index contributed by atoms with van der Waals surface area (Å²) < 4.78 is 86.4. The summed E-state index contributed by atoms with van der Waals surface area (Å²) in [5.74, 6) is 6.71. The Morgan fingerprint density at radius 3 is 2.33 bits per heavy atom. The maximum atomic E-state index is 13.7. The Balaban J connectivity index is 0.667. The molecule has 6 atom stereocenters. The number of carboxylic acid groups (broad SMARTS) is 1. The number of hydrogen-bond acceptors (Lipinski definition) is 20. The third-order valence-corrected chi connectivity index (χ3v) is 26.5. The first-order valence-corrected chi connectivity index (χ1v) is 40.1. The summed E-state index contributed by atoms with van der Waals surface area (Å²) in [4.78, 5) is 71.9. The number of carbonyl (C=O) groups is 3. The van der Waals surface area contributed by atoms with Gasteiger partial charge < -0.3 is 59.0 Å². The first kappa shape index (κ1) is 72.1. The van der Waals surface area contributed by atoms with Crippen molar-refractivity contribution in [1.29, 1.82) is 0 Å². The number of carboxylic acids is 1. The number of aromatic carboxylic acids is 1. The monoisotopic (exact) mass is 1430 g/mol. The van der Waals surface area contributed by atoms with Crippen LogP contribution in [0.4, 0.5) is 10.5 Å². The molecule has 4 aromatic rings. The molecule has 2 amide bonds. The highest BCUT2D eigenvalue weighted by Crippen LogP contribution is 2.67. The van der Waals surface area contributed by atoms with Gasteiger partial charge in [0.25, 0.3) is 5.91 Å². The lowest BCUT2D eigenvalue weighted by atomic mass is 9.81. The van der Waals surface area contributed by atoms with E-state index in [1.807, 2.05) is 52.8 Å². The summed E-state index contributed by atoms with van der Waals surface area (Å²) in [7, 11) is -9.32. The first-order valence-electron chi connectivity index (χ1n) is 31.0. The second-order valence-corrected chi connectivity index (χ2v) is 35.8. The molecular weight excluding hydrogens is 1350 g/mol. The largest absolute Gasteiger partial charge is 0.490 e. The molecular formula is C64H80N4O19P3S4+. The lowest BCUT2D eigenvalue weighted by molar-refractivity contribution is -0.0365. The van der Waals surface area contributed by atoms with Gasteiger partial charge in [0.05, 0.1) is 29.9 Å². The van der Waals surface area contributed by atoms with E-state index < -0.39 is 71.1 Å². The summed E-state index contributed by atoms with van der Waals surface area (Å²) in [5, 5.41) is 18.8. The summed E-state index contributed by atoms with van der Waals surface area (Å²) in [6.45, 7) is 18.0. The molecule has 4 aromatic carbocycles. The highest BCUT2D eigenvalue weighted by Gasteiger charge is 2.45. The van der Waals surface area contributed by atoms with Crippen molar-refractivity contribution in [3.63, 3.8) is 0 Å². The normalized spacial score (nSPS) is 19.9. The number of rotatable bonds is 28. The molecule has 0 bridgehead atoms. The molecule has 0 radical (unpaired) electrons. The Labute approximate surface area is 562 Å². The van der Waals surface area contributed by atoms with Crippen molar-refractivity contribution in [2.45, 2.75) is 127 Å². The Kier molecular flexibility index (Phi) is 23.8. The summed E-state index contributed by atoms with van der Waals surface area (Å²) in [6, 6.07) is 16.7. The van der Waals surface area contributed by atoms with Gasteiger partial charge in [-0.2, -0.15) is 8.62 Å². The zero-order valence-corrected chi connectivity index (χ0v) is 59.2. The number of hydrogen-bond donors (Lipinski definition) is 6. The van der Waals surface area contributed by atoms with Gasteiger partial charge in [-0.15, -0.1) is 0 Å². The van der Waals surface area contributed by atoms with E-state index in [9.17, 15) is 47.9 Å². The zero-order valence-electron chi connectivity index (χ0n) is 53.3. The van der Waals surface area contributed by atoms with Crippen LogP contribution in [-0.4, -0.2) is 138 Å². The molecule has 1 saturated heterocycles. The molecule has 508 valence electrons. The average Bonchev–Trinajstić information content (AvgIpc) is 0.792. The summed E-state index contributed by atoms with van der Waals surface area (Å²) in [6.07, 6.45) is 5.58. The van der Waals surface area contributed by atoms with Crippen molar-refractivity contribution >= 4 is 95.9 Å². The minimum absolute atomic E-state index is 0.0336. The Morgan fingerprint density at radius 1 is 0.830 bits per heavy atom. The van der Waals surface area contributed by atoms with Gasteiger partial charge in [-0.05, 0) is 117 Å². The number of nitrogens with one attached hydrogen (secondary N) is 2. The van der Waals surface area contributed by atoms with Crippen molar-refractivity contribution in [2.24, 2.45) is 0 Å². The number of phosphoric ester groups is 2. The van der Waals surface area contributed by atoms with Gasteiger partial charge in [-0.1, -0.05) is 101 Å². The summed E-state index contributed by atoms with van der Waals surface area (Å²) in [5.41, 5.74) is 10.7. The van der Waals surface area contributed by atoms with Crippen LogP contribution in [0.15, 0.2) is 66.7 Å². The van der Waals surface area contributed by atoms with E-state index in [1.165, 1.54) is 71.7 Å². The number of phosphoric acid groups is 3. The number of carbonyl (C=O) groups excluding carboxylic acids is 2. The number of fused-ring (bicyclic) bond motifs is 4. The maximum absolute atomic E-state index is 13.7. The van der Waals surface area contributed by atoms with Crippen molar-refractivity contribution in [3.8, 4) is 23.3 Å². The van der Waals surface area contributed by atoms with Gasteiger partial charge in [-0.3, -0.25) is 13.8 Å². The number of alkyl carbamates (subject to hydrolysis) is 1. The highest BCUT2D eigenvalue weighted by molar-refractivity contribution is 8.77. The smallest absolute Gasteiger partial charge is 0.478 e. The van der Waals surface area contributed by atoms with E-state index in [0.717, 1.165) is 118 Å². The quantitative estimate of drug-likeness (QED) is 0.00516. The van der Waals surface area contributed by atoms with Crippen LogP contribution in [-0.2, 0) is 76.0 Å². The van der Waals surface area contributed by atoms with E-state index in [-0.39, 0.29) is 48.1 Å². The number of nitrogens with zero attached hydrogens (tertiary/aromatic N) is 2. The average molecular weight is 1430 g/mol. The van der Waals surface area contributed by atoms with Gasteiger partial charge in [0.2, 0.25) is 5.36 Å². The number of benzene rings is 4. The molecule has 1 fully saturated rings. The van der Waals surface area contributed by atoms with Gasteiger partial charge in [0.1, 0.15) is 55.8 Å². The van der Waals surface area contributed by atoms with E-state index >= 15 is 0 Å². The van der Waals surface area contributed by atoms with Crippen molar-refractivity contribution < 1.29 is 89.2 Å². The molecule has 0 saturated carbocycles. The van der Waals surface area contributed by atoms with Gasteiger partial charge in [0.15, 0.2) is 0 Å². The van der Waals surface area contributed by atoms with Gasteiger partial charge >= 0.3 is 35.5 Å². The molecule has 10 rings (SSSR count). The molecule has 23 nitrogen and oxygen atoms in total. The third-order valence-electron chi connectivity index (χ3n) is 16.3. The van der Waals surface area contributed by atoms with Gasteiger partial charge in [0, 0.05) is 106 Å². The fourth-order valence-electron chi connectivity index (χ4n) is 12.3. The predicted octanol–water partition coefficient (Wildman–Crippen LogP) is 10.8. The van der Waals surface area contributed by atoms with Crippen molar-refractivity contribution in [1.82, 2.24) is 15.2 Å². The molecule has 6 heterocycles. The van der Waals surface area contributed by atoms with E-state index in [4.69, 9.17) is 28.2 Å². The number of amides is 2. The lowest BCUT2D eigenvalue weighted by Gasteiger charge is -2.39. The topological polar surface area (TPSA) is 297 Å². The first-order chi connectivity index (χ1) is 44.7. The minimum Gasteiger partial charge on any atom is -0.478 e. The molecule has 0 aliphatic carbocycles. The molecule has 6 aliphatic rings. The van der Waals surface area contributed by atoms with Crippen LogP contribution in [0.25, 0.3) is 5.57 Å². The Hall–Kier alpha value is -4.65. The van der Waals surface area contributed by atoms with Crippen LogP contribution < -0.4 is 35.4 Å². The number of anilines is 1. The zero-order chi connectivity index (χ0) is 67.2. The predicted molar refractivity (Wildman–Crippen MR) is 364 cm³/mol. The van der Waals surface area contributed by atoms with E-state index in [2.05, 4.69) is 63.8 Å². The molecule has 6 aliphatic heterocycles.